The predicted octanol–water partition coefficient (Wildman–Crippen LogP) is 1.56. The van der Waals surface area contributed by atoms with Crippen LogP contribution in [-0.2, 0) is 10.3 Å². The Bertz CT molecular complexity index is 533. The summed E-state index contributed by atoms with van der Waals surface area (Å²) in [5.74, 6) is -0.859. The highest BCUT2D eigenvalue weighted by molar-refractivity contribution is 5.82. The monoisotopic (exact) mass is 273 g/mol. The van der Waals surface area contributed by atoms with Crippen molar-refractivity contribution in [1.82, 2.24) is 0 Å². The van der Waals surface area contributed by atoms with Gasteiger partial charge in [-0.3, -0.25) is 4.99 Å². The molecule has 19 heavy (non-hydrogen) atoms. The molecule has 0 saturated carbocycles. The number of halogens is 3. The second kappa shape index (κ2) is 4.73. The minimum atomic E-state index is -2.96. The van der Waals surface area contributed by atoms with E-state index in [1.54, 1.807) is 0 Å². The first-order chi connectivity index (χ1) is 8.86. The van der Waals surface area contributed by atoms with E-state index in [4.69, 9.17) is 16.2 Å². The molecule has 0 saturated heterocycles. The third kappa shape index (κ3) is 2.25. The van der Waals surface area contributed by atoms with Gasteiger partial charge in [-0.1, -0.05) is 0 Å². The van der Waals surface area contributed by atoms with Crippen LogP contribution in [0.5, 0.6) is 0 Å². The van der Waals surface area contributed by atoms with Gasteiger partial charge in [0.1, 0.15) is 18.3 Å². The SMILES string of the molecule is Cc1cc(N)cc([C@]2(C(F)F)COCC(N)=N2)c1F. The van der Waals surface area contributed by atoms with Crippen LogP contribution >= 0.6 is 0 Å². The molecule has 1 heterocycles. The lowest BCUT2D eigenvalue weighted by molar-refractivity contribution is -0.0146. The second-order valence-electron chi connectivity index (χ2n) is 4.52. The fraction of sp³-hybridized carbons (Fsp3) is 0.417. The summed E-state index contributed by atoms with van der Waals surface area (Å²) in [6.07, 6.45) is -2.96. The van der Waals surface area contributed by atoms with Crippen molar-refractivity contribution in [3.05, 3.63) is 29.1 Å². The molecule has 1 aliphatic rings. The van der Waals surface area contributed by atoms with Gasteiger partial charge in [-0.2, -0.15) is 0 Å². The number of aliphatic imine (C=N–C) groups is 1. The molecule has 1 aromatic rings. The molecule has 7 heteroatoms. The van der Waals surface area contributed by atoms with Gasteiger partial charge in [-0.05, 0) is 24.6 Å². The molecule has 0 aromatic heterocycles. The van der Waals surface area contributed by atoms with Crippen molar-refractivity contribution < 1.29 is 17.9 Å². The van der Waals surface area contributed by atoms with Crippen molar-refractivity contribution in [2.75, 3.05) is 18.9 Å². The van der Waals surface area contributed by atoms with Gasteiger partial charge in [-0.15, -0.1) is 0 Å². The number of nitrogens with two attached hydrogens (primary N) is 2. The van der Waals surface area contributed by atoms with Gasteiger partial charge >= 0.3 is 0 Å². The van der Waals surface area contributed by atoms with Gasteiger partial charge < -0.3 is 16.2 Å². The van der Waals surface area contributed by atoms with Crippen LogP contribution in [0.4, 0.5) is 18.9 Å². The molecule has 2 rings (SSSR count). The number of alkyl halides is 2. The third-order valence-corrected chi connectivity index (χ3v) is 3.02. The van der Waals surface area contributed by atoms with Crippen molar-refractivity contribution in [3.63, 3.8) is 0 Å². The fourth-order valence-corrected chi connectivity index (χ4v) is 2.11. The standard InChI is InChI=1S/C12H14F3N3O/c1-6-2-7(16)3-8(10(6)13)12(11(14)15)5-19-4-9(17)18-12/h2-3,11H,4-5,16H2,1H3,(H2,17,18)/t12-/m0/s1. The summed E-state index contributed by atoms with van der Waals surface area (Å²) in [5.41, 5.74) is 8.99. The topological polar surface area (TPSA) is 73.6 Å². The first-order valence-corrected chi connectivity index (χ1v) is 5.63. The van der Waals surface area contributed by atoms with Crippen LogP contribution in [0.25, 0.3) is 0 Å². The lowest BCUT2D eigenvalue weighted by Crippen LogP contribution is -2.45. The van der Waals surface area contributed by atoms with E-state index in [1.807, 2.05) is 0 Å². The van der Waals surface area contributed by atoms with Crippen LogP contribution < -0.4 is 11.5 Å². The lowest BCUT2D eigenvalue weighted by atomic mass is 9.88. The predicted molar refractivity (Wildman–Crippen MR) is 65.7 cm³/mol. The van der Waals surface area contributed by atoms with E-state index in [2.05, 4.69) is 4.99 Å². The summed E-state index contributed by atoms with van der Waals surface area (Å²) in [4.78, 5) is 3.75. The van der Waals surface area contributed by atoms with Gasteiger partial charge in [0.05, 0.1) is 6.61 Å². The number of ether oxygens (including phenoxy) is 1. The molecule has 104 valence electrons. The average Bonchev–Trinajstić information content (AvgIpc) is 2.33. The van der Waals surface area contributed by atoms with Crippen LogP contribution in [0, 0.1) is 12.7 Å². The highest BCUT2D eigenvalue weighted by Gasteiger charge is 2.46. The van der Waals surface area contributed by atoms with Gasteiger partial charge in [0, 0.05) is 11.3 Å². The number of hydrogen-bond donors (Lipinski definition) is 2. The molecule has 1 aromatic carbocycles. The summed E-state index contributed by atoms with van der Waals surface area (Å²) in [6, 6.07) is 2.52. The minimum absolute atomic E-state index is 0.0443. The van der Waals surface area contributed by atoms with Crippen molar-refractivity contribution in [2.24, 2.45) is 10.7 Å². The zero-order chi connectivity index (χ0) is 14.2. The first-order valence-electron chi connectivity index (χ1n) is 5.63. The zero-order valence-electron chi connectivity index (χ0n) is 10.3. The van der Waals surface area contributed by atoms with E-state index in [0.29, 0.717) is 0 Å². The largest absolute Gasteiger partial charge is 0.399 e. The van der Waals surface area contributed by atoms with Gasteiger partial charge in [0.15, 0.2) is 5.54 Å². The number of benzene rings is 1. The second-order valence-corrected chi connectivity index (χ2v) is 4.52. The van der Waals surface area contributed by atoms with E-state index < -0.39 is 24.4 Å². The zero-order valence-corrected chi connectivity index (χ0v) is 10.3. The molecule has 0 amide bonds. The van der Waals surface area contributed by atoms with Crippen LogP contribution in [0.3, 0.4) is 0 Å². The van der Waals surface area contributed by atoms with Crippen LogP contribution in [0.15, 0.2) is 17.1 Å². The maximum absolute atomic E-state index is 14.1. The molecule has 0 unspecified atom stereocenters. The van der Waals surface area contributed by atoms with E-state index in [1.165, 1.54) is 13.0 Å². The first kappa shape index (κ1) is 13.7. The maximum Gasteiger partial charge on any atom is 0.269 e. The third-order valence-electron chi connectivity index (χ3n) is 3.02. The van der Waals surface area contributed by atoms with Crippen molar-refractivity contribution in [1.29, 1.82) is 0 Å². The Hall–Kier alpha value is -1.76. The number of aryl methyl sites for hydroxylation is 1. The molecule has 0 aliphatic carbocycles. The summed E-state index contributed by atoms with van der Waals surface area (Å²) in [7, 11) is 0. The van der Waals surface area contributed by atoms with Crippen LogP contribution in [-0.4, -0.2) is 25.5 Å². The molecule has 0 spiro atoms. The molecule has 0 fully saturated rings. The Kier molecular flexibility index (Phi) is 3.40. The molecular weight excluding hydrogens is 259 g/mol. The molecule has 0 radical (unpaired) electrons. The summed E-state index contributed by atoms with van der Waals surface area (Å²) in [5, 5.41) is 0. The Morgan fingerprint density at radius 3 is 2.63 bits per heavy atom. The summed E-state index contributed by atoms with van der Waals surface area (Å²) < 4.78 is 46.0. The van der Waals surface area contributed by atoms with Crippen LogP contribution in [0.1, 0.15) is 11.1 Å². The quantitative estimate of drug-likeness (QED) is 0.803. The van der Waals surface area contributed by atoms with E-state index in [9.17, 15) is 13.2 Å². The number of nitrogen functional groups attached to an aromatic ring is 1. The Morgan fingerprint density at radius 2 is 2.05 bits per heavy atom. The number of nitrogens with zero attached hydrogens (tertiary/aromatic N) is 1. The number of rotatable bonds is 2. The van der Waals surface area contributed by atoms with Gasteiger partial charge in [0.25, 0.3) is 6.43 Å². The number of hydrogen-bond acceptors (Lipinski definition) is 4. The maximum atomic E-state index is 14.1. The summed E-state index contributed by atoms with van der Waals surface area (Å²) >= 11 is 0. The van der Waals surface area contributed by atoms with Crippen molar-refractivity contribution in [3.8, 4) is 0 Å². The minimum Gasteiger partial charge on any atom is -0.399 e. The number of anilines is 1. The Morgan fingerprint density at radius 1 is 1.37 bits per heavy atom. The molecule has 1 aliphatic heterocycles. The molecule has 1 atom stereocenters. The van der Waals surface area contributed by atoms with Gasteiger partial charge in [-0.25, -0.2) is 13.2 Å². The van der Waals surface area contributed by atoms with Gasteiger partial charge in [0.2, 0.25) is 0 Å². The fourth-order valence-electron chi connectivity index (χ4n) is 2.11. The highest BCUT2D eigenvalue weighted by Crippen LogP contribution is 2.38. The lowest BCUT2D eigenvalue weighted by Gasteiger charge is -2.33. The Labute approximate surface area is 108 Å². The van der Waals surface area contributed by atoms with E-state index >= 15 is 0 Å². The summed E-state index contributed by atoms with van der Waals surface area (Å²) in [6.45, 7) is 0.966. The average molecular weight is 273 g/mol. The highest BCUT2D eigenvalue weighted by atomic mass is 19.3. The van der Waals surface area contributed by atoms with E-state index in [-0.39, 0.29) is 29.3 Å². The molecule has 4 N–H and O–H groups in total. The molecule has 4 nitrogen and oxygen atoms in total. The van der Waals surface area contributed by atoms with Crippen molar-refractivity contribution >= 4 is 11.5 Å². The van der Waals surface area contributed by atoms with E-state index in [0.717, 1.165) is 6.07 Å². The normalized spacial score (nSPS) is 23.5. The number of amidine groups is 1. The van der Waals surface area contributed by atoms with Crippen LogP contribution in [0.2, 0.25) is 0 Å². The van der Waals surface area contributed by atoms with Crippen molar-refractivity contribution in [2.45, 2.75) is 18.9 Å². The Balaban J connectivity index is 2.67. The smallest absolute Gasteiger partial charge is 0.269 e. The molecule has 0 bridgehead atoms. The molecular formula is C12H14F3N3O.